The van der Waals surface area contributed by atoms with Gasteiger partial charge in [0.15, 0.2) is 0 Å². The molecular formula is C6H18O9S6. The topological polar surface area (TPSA) is 163 Å². The molecule has 0 saturated carbocycles. The molecule has 0 heterocycles. The van der Waals surface area contributed by atoms with Gasteiger partial charge in [-0.3, -0.25) is 13.7 Å². The number of hydrogen-bond acceptors (Lipinski definition) is 9. The van der Waals surface area contributed by atoms with Gasteiger partial charge < -0.3 is 0 Å². The summed E-state index contributed by atoms with van der Waals surface area (Å²) in [6.07, 6.45) is 0. The number of thiol groups is 3. The highest BCUT2D eigenvalue weighted by Crippen LogP contribution is 1.83. The maximum absolute atomic E-state index is 9.74. The Morgan fingerprint density at radius 1 is 0.524 bits per heavy atom. The van der Waals surface area contributed by atoms with Crippen molar-refractivity contribution in [1.82, 2.24) is 0 Å². The molecule has 21 heavy (non-hydrogen) atoms. The smallest absolute Gasteiger partial charge is 0.265 e. The van der Waals surface area contributed by atoms with Crippen LogP contribution in [0.3, 0.4) is 0 Å². The van der Waals surface area contributed by atoms with Crippen molar-refractivity contribution in [2.24, 2.45) is 0 Å². The van der Waals surface area contributed by atoms with Gasteiger partial charge in [0.2, 0.25) is 0 Å². The van der Waals surface area contributed by atoms with Crippen molar-refractivity contribution in [2.75, 3.05) is 34.5 Å². The Hall–Kier alpha value is 0.780. The van der Waals surface area contributed by atoms with Crippen LogP contribution in [0.4, 0.5) is 0 Å². The van der Waals surface area contributed by atoms with Crippen LogP contribution in [0.5, 0.6) is 0 Å². The summed E-state index contributed by atoms with van der Waals surface area (Å²) in [4.78, 5) is 0. The summed E-state index contributed by atoms with van der Waals surface area (Å²) in [5, 5.41) is 0. The highest BCUT2D eigenvalue weighted by atomic mass is 32.2. The average molecular weight is 427 g/mol. The molecular weight excluding hydrogens is 408 g/mol. The molecule has 3 N–H and O–H groups in total. The van der Waals surface area contributed by atoms with E-state index in [4.69, 9.17) is 13.7 Å². The first-order valence-corrected chi connectivity index (χ1v) is 11.6. The lowest BCUT2D eigenvalue weighted by Gasteiger charge is -1.85. The van der Waals surface area contributed by atoms with Crippen LogP contribution in [0, 0.1) is 0 Å². The van der Waals surface area contributed by atoms with Crippen molar-refractivity contribution in [3.8, 4) is 0 Å². The van der Waals surface area contributed by atoms with E-state index in [9.17, 15) is 25.3 Å². The highest BCUT2D eigenvalue weighted by molar-refractivity contribution is 7.88. The van der Waals surface area contributed by atoms with Gasteiger partial charge in [-0.25, -0.2) is 0 Å². The fourth-order valence-corrected chi connectivity index (χ4v) is 3.11. The summed E-state index contributed by atoms with van der Waals surface area (Å²) in [6, 6.07) is 0. The van der Waals surface area contributed by atoms with Gasteiger partial charge in [0, 0.05) is 17.3 Å². The molecule has 0 aromatic heterocycles. The largest absolute Gasteiger partial charge is 0.286 e. The highest BCUT2D eigenvalue weighted by Gasteiger charge is 1.99. The van der Waals surface area contributed by atoms with Crippen molar-refractivity contribution >= 4 is 68.2 Å². The second-order valence-corrected chi connectivity index (χ2v) is 9.09. The molecule has 0 radical (unpaired) electrons. The zero-order valence-electron chi connectivity index (χ0n) is 10.6. The van der Waals surface area contributed by atoms with Crippen LogP contribution < -0.4 is 0 Å². The molecule has 132 valence electrons. The molecule has 0 aromatic rings. The van der Waals surface area contributed by atoms with Gasteiger partial charge in [-0.2, -0.15) is 63.1 Å². The third-order valence-corrected chi connectivity index (χ3v) is 4.79. The monoisotopic (exact) mass is 426 g/mol. The van der Waals surface area contributed by atoms with E-state index in [1.54, 1.807) is 0 Å². The first kappa shape index (κ1) is 26.7. The first-order valence-electron chi connectivity index (χ1n) is 4.86. The lowest BCUT2D eigenvalue weighted by Crippen LogP contribution is -2.03. The van der Waals surface area contributed by atoms with Gasteiger partial charge in [0.25, 0.3) is 30.4 Å². The molecule has 15 heteroatoms. The summed E-state index contributed by atoms with van der Waals surface area (Å²) < 4.78 is 82.3. The normalized spacial score (nSPS) is 11.7. The molecule has 0 atom stereocenters. The molecule has 0 saturated heterocycles. The van der Waals surface area contributed by atoms with Gasteiger partial charge in [-0.1, -0.05) is 0 Å². The predicted octanol–water partition coefficient (Wildman–Crippen LogP) is -0.588. The van der Waals surface area contributed by atoms with Crippen molar-refractivity contribution < 1.29 is 38.9 Å². The Bertz CT molecular complexity index is 452. The summed E-state index contributed by atoms with van der Waals surface area (Å²) >= 11 is 10.7. The molecule has 0 bridgehead atoms. The fraction of sp³-hybridized carbons (Fsp3) is 1.00. The standard InChI is InChI=1S/3C2H6O3S2/c3*3-7(4,5)2-1-6/h3*6H,1-2H2,(H,3,4,5). The van der Waals surface area contributed by atoms with E-state index in [1.807, 2.05) is 0 Å². The van der Waals surface area contributed by atoms with E-state index in [0.29, 0.717) is 0 Å². The van der Waals surface area contributed by atoms with Crippen molar-refractivity contribution in [2.45, 2.75) is 0 Å². The van der Waals surface area contributed by atoms with Crippen LogP contribution in [0.1, 0.15) is 0 Å². The van der Waals surface area contributed by atoms with Gasteiger partial charge >= 0.3 is 0 Å². The Balaban J connectivity index is -0.000000231. The predicted molar refractivity (Wildman–Crippen MR) is 90.8 cm³/mol. The summed E-state index contributed by atoms with van der Waals surface area (Å²) in [7, 11) is -11.3. The molecule has 0 aliphatic carbocycles. The van der Waals surface area contributed by atoms with E-state index in [0.717, 1.165) is 0 Å². The van der Waals surface area contributed by atoms with Crippen LogP contribution in [-0.2, 0) is 30.4 Å². The molecule has 0 spiro atoms. The third-order valence-electron chi connectivity index (χ3n) is 1.05. The minimum absolute atomic E-state index is 0.166. The van der Waals surface area contributed by atoms with Crippen molar-refractivity contribution in [1.29, 1.82) is 0 Å². The van der Waals surface area contributed by atoms with E-state index in [1.165, 1.54) is 0 Å². The van der Waals surface area contributed by atoms with Crippen molar-refractivity contribution in [3.63, 3.8) is 0 Å². The second-order valence-electron chi connectivity index (χ2n) is 3.03. The van der Waals surface area contributed by atoms with Crippen LogP contribution >= 0.6 is 37.9 Å². The van der Waals surface area contributed by atoms with Gasteiger partial charge in [0.05, 0.1) is 17.3 Å². The Morgan fingerprint density at radius 2 is 0.667 bits per heavy atom. The van der Waals surface area contributed by atoms with Gasteiger partial charge in [-0.05, 0) is 0 Å². The number of rotatable bonds is 6. The molecule has 9 nitrogen and oxygen atoms in total. The first-order chi connectivity index (χ1) is 9.18. The molecule has 0 aromatic carbocycles. The minimum Gasteiger partial charge on any atom is -0.286 e. The molecule has 0 rings (SSSR count). The molecule has 0 fully saturated rings. The molecule has 0 amide bonds. The van der Waals surface area contributed by atoms with Crippen LogP contribution in [0.25, 0.3) is 0 Å². The molecule has 0 unspecified atom stereocenters. The molecule has 0 aliphatic rings. The lowest BCUT2D eigenvalue weighted by molar-refractivity contribution is 0.483. The van der Waals surface area contributed by atoms with Crippen LogP contribution in [0.2, 0.25) is 0 Å². The van der Waals surface area contributed by atoms with Gasteiger partial charge in [0.1, 0.15) is 0 Å². The summed E-state index contributed by atoms with van der Waals surface area (Å²) in [5.74, 6) is -0.307. The van der Waals surface area contributed by atoms with Crippen LogP contribution in [0.15, 0.2) is 0 Å². The maximum atomic E-state index is 9.74. The quantitative estimate of drug-likeness (QED) is 0.241. The van der Waals surface area contributed by atoms with E-state index in [-0.39, 0.29) is 34.5 Å². The van der Waals surface area contributed by atoms with E-state index >= 15 is 0 Å². The van der Waals surface area contributed by atoms with Gasteiger partial charge in [-0.15, -0.1) is 0 Å². The SMILES string of the molecule is O=S(=O)(O)CCS.O=S(=O)(O)CCS.O=S(=O)(O)CCS. The van der Waals surface area contributed by atoms with Crippen molar-refractivity contribution in [3.05, 3.63) is 0 Å². The number of hydrogen-bond donors (Lipinski definition) is 6. The maximum Gasteiger partial charge on any atom is 0.265 e. The Labute approximate surface area is 141 Å². The second kappa shape index (κ2) is 13.2. The summed E-state index contributed by atoms with van der Waals surface area (Å²) in [5.41, 5.74) is 0. The molecule has 0 aliphatic heterocycles. The Kier molecular flexibility index (Phi) is 16.8. The lowest BCUT2D eigenvalue weighted by atomic mass is 11.0. The zero-order chi connectivity index (χ0) is 17.7. The minimum atomic E-state index is -3.75. The van der Waals surface area contributed by atoms with E-state index in [2.05, 4.69) is 37.9 Å². The Morgan fingerprint density at radius 3 is 0.667 bits per heavy atom. The fourth-order valence-electron chi connectivity index (χ4n) is 0.346. The average Bonchev–Trinajstić information content (AvgIpc) is 2.12. The third kappa shape index (κ3) is 44.9. The van der Waals surface area contributed by atoms with Crippen LogP contribution in [-0.4, -0.2) is 73.4 Å². The summed E-state index contributed by atoms with van der Waals surface area (Å²) in [6.45, 7) is 0. The zero-order valence-corrected chi connectivity index (χ0v) is 15.7. The van der Waals surface area contributed by atoms with E-state index < -0.39 is 30.4 Å².